The van der Waals surface area contributed by atoms with E-state index in [-0.39, 0.29) is 17.8 Å². The molecular formula is C19H24O3S. The summed E-state index contributed by atoms with van der Waals surface area (Å²) in [7, 11) is 0. The molecule has 1 heterocycles. The normalized spacial score (nSPS) is 25.0. The molecule has 3 atom stereocenters. The summed E-state index contributed by atoms with van der Waals surface area (Å²) >= 11 is 1.78. The average Bonchev–Trinajstić information content (AvgIpc) is 2.72. The molecule has 0 radical (unpaired) electrons. The first kappa shape index (κ1) is 16.6. The van der Waals surface area contributed by atoms with Crippen molar-refractivity contribution in [3.05, 3.63) is 29.3 Å². The number of benzene rings is 1. The highest BCUT2D eigenvalue weighted by atomic mass is 32.2. The van der Waals surface area contributed by atoms with Crippen LogP contribution in [0.1, 0.15) is 61.4 Å². The van der Waals surface area contributed by atoms with Crippen LogP contribution in [0.2, 0.25) is 0 Å². The summed E-state index contributed by atoms with van der Waals surface area (Å²) in [6, 6.07) is 5.87. The van der Waals surface area contributed by atoms with E-state index in [1.165, 1.54) is 19.3 Å². The topological polar surface area (TPSA) is 43.4 Å². The molecule has 1 aromatic carbocycles. The molecule has 0 aromatic heterocycles. The molecule has 1 saturated carbocycles. The van der Waals surface area contributed by atoms with Crippen molar-refractivity contribution in [2.45, 2.75) is 50.3 Å². The molecule has 1 fully saturated rings. The number of hydrogen-bond donors (Lipinski definition) is 0. The molecule has 0 amide bonds. The molecule has 4 heteroatoms. The summed E-state index contributed by atoms with van der Waals surface area (Å²) in [5.74, 6) is 1.55. The number of Topliss-reactive ketones (excluding diaryl/α,β-unsaturated/α-hetero) is 1. The van der Waals surface area contributed by atoms with E-state index < -0.39 is 0 Å². The van der Waals surface area contributed by atoms with Crippen molar-refractivity contribution in [1.29, 1.82) is 0 Å². The lowest BCUT2D eigenvalue weighted by molar-refractivity contribution is -0.144. The lowest BCUT2D eigenvalue weighted by atomic mass is 9.76. The first-order valence-electron chi connectivity index (χ1n) is 8.59. The number of hydrogen-bond acceptors (Lipinski definition) is 4. The van der Waals surface area contributed by atoms with Gasteiger partial charge in [0.2, 0.25) is 0 Å². The second kappa shape index (κ2) is 7.08. The Morgan fingerprint density at radius 3 is 2.91 bits per heavy atom. The minimum absolute atomic E-state index is 0.200. The lowest BCUT2D eigenvalue weighted by Crippen LogP contribution is -2.27. The highest BCUT2D eigenvalue weighted by Gasteiger charge is 2.35. The lowest BCUT2D eigenvalue weighted by Gasteiger charge is -2.28. The predicted octanol–water partition coefficient (Wildman–Crippen LogP) is 4.45. The maximum Gasteiger partial charge on any atom is 0.313 e. The third-order valence-corrected chi connectivity index (χ3v) is 6.35. The molecule has 1 aromatic rings. The van der Waals surface area contributed by atoms with Crippen molar-refractivity contribution in [3.63, 3.8) is 0 Å². The van der Waals surface area contributed by atoms with Gasteiger partial charge in [0, 0.05) is 22.1 Å². The van der Waals surface area contributed by atoms with Crippen LogP contribution in [0.3, 0.4) is 0 Å². The van der Waals surface area contributed by atoms with Crippen LogP contribution in [0.25, 0.3) is 0 Å². The van der Waals surface area contributed by atoms with Gasteiger partial charge in [0.05, 0.1) is 12.5 Å². The second-order valence-electron chi connectivity index (χ2n) is 6.56. The number of rotatable bonds is 3. The Morgan fingerprint density at radius 1 is 1.35 bits per heavy atom. The zero-order valence-electron chi connectivity index (χ0n) is 13.8. The molecule has 124 valence electrons. The first-order valence-corrected chi connectivity index (χ1v) is 9.58. The summed E-state index contributed by atoms with van der Waals surface area (Å²) < 4.78 is 5.11. The van der Waals surface area contributed by atoms with Crippen molar-refractivity contribution in [1.82, 2.24) is 0 Å². The number of esters is 1. The molecule has 23 heavy (non-hydrogen) atoms. The molecule has 0 N–H and O–H groups in total. The van der Waals surface area contributed by atoms with E-state index in [2.05, 4.69) is 0 Å². The van der Waals surface area contributed by atoms with E-state index in [9.17, 15) is 9.59 Å². The van der Waals surface area contributed by atoms with Crippen molar-refractivity contribution in [2.75, 3.05) is 12.4 Å². The van der Waals surface area contributed by atoms with Crippen LogP contribution < -0.4 is 0 Å². The van der Waals surface area contributed by atoms with Crippen LogP contribution in [-0.4, -0.2) is 24.1 Å². The van der Waals surface area contributed by atoms with E-state index in [1.54, 1.807) is 11.8 Å². The zero-order valence-corrected chi connectivity index (χ0v) is 14.7. The maximum atomic E-state index is 12.9. The number of thioether (sulfide) groups is 1. The molecule has 3 rings (SSSR count). The Hall–Kier alpha value is -1.29. The minimum Gasteiger partial charge on any atom is -0.466 e. The van der Waals surface area contributed by atoms with Gasteiger partial charge >= 0.3 is 5.97 Å². The minimum atomic E-state index is -0.290. The Balaban J connectivity index is 1.87. The van der Waals surface area contributed by atoms with Crippen LogP contribution in [-0.2, 0) is 9.53 Å². The van der Waals surface area contributed by atoms with E-state index in [0.717, 1.165) is 28.2 Å². The maximum absolute atomic E-state index is 12.9. The quantitative estimate of drug-likeness (QED) is 0.767. The molecule has 1 unspecified atom stereocenters. The molecule has 2 aliphatic rings. The van der Waals surface area contributed by atoms with Gasteiger partial charge in [0.1, 0.15) is 0 Å². The molecule has 1 aliphatic carbocycles. The van der Waals surface area contributed by atoms with Crippen LogP contribution in [0, 0.1) is 11.8 Å². The number of ketones is 1. The Morgan fingerprint density at radius 2 is 2.13 bits per heavy atom. The number of carbonyl (C=O) groups excluding carboxylic acids is 2. The van der Waals surface area contributed by atoms with Gasteiger partial charge in [-0.25, -0.2) is 0 Å². The van der Waals surface area contributed by atoms with Gasteiger partial charge in [-0.3, -0.25) is 9.59 Å². The molecular weight excluding hydrogens is 308 g/mol. The fraction of sp³-hybridized carbons (Fsp3) is 0.579. The molecule has 0 bridgehead atoms. The van der Waals surface area contributed by atoms with Crippen molar-refractivity contribution < 1.29 is 14.3 Å². The first-order chi connectivity index (χ1) is 11.1. The zero-order chi connectivity index (χ0) is 16.4. The molecule has 1 aliphatic heterocycles. The van der Waals surface area contributed by atoms with E-state index in [4.69, 9.17) is 4.74 Å². The number of carbonyl (C=O) groups is 2. The summed E-state index contributed by atoms with van der Waals surface area (Å²) in [4.78, 5) is 25.9. The Bertz CT molecular complexity index is 611. The average molecular weight is 332 g/mol. The van der Waals surface area contributed by atoms with Gasteiger partial charge < -0.3 is 4.74 Å². The third-order valence-electron chi connectivity index (χ3n) is 5.11. The second-order valence-corrected chi connectivity index (χ2v) is 7.62. The van der Waals surface area contributed by atoms with Gasteiger partial charge in [0.25, 0.3) is 0 Å². The largest absolute Gasteiger partial charge is 0.466 e. The molecule has 0 saturated heterocycles. The van der Waals surface area contributed by atoms with E-state index >= 15 is 0 Å². The summed E-state index contributed by atoms with van der Waals surface area (Å²) in [5.41, 5.74) is 1.79. The standard InChI is InChI=1S/C19H24O3S/c1-3-22-19(21)12(2)13-8-9-16-17(10-13)23-11-14-6-4-5-7-15(14)18(16)20/h8-10,12,14-15H,3-7,11H2,1-2H3/t12?,14-,15+/m0/s1. The van der Waals surface area contributed by atoms with Crippen molar-refractivity contribution in [2.24, 2.45) is 11.8 Å². The van der Waals surface area contributed by atoms with E-state index in [1.807, 2.05) is 32.0 Å². The molecule has 3 nitrogen and oxygen atoms in total. The molecule has 0 spiro atoms. The van der Waals surface area contributed by atoms with Crippen molar-refractivity contribution >= 4 is 23.5 Å². The fourth-order valence-corrected chi connectivity index (χ4v) is 5.02. The fourth-order valence-electron chi connectivity index (χ4n) is 3.68. The smallest absolute Gasteiger partial charge is 0.313 e. The predicted molar refractivity (Wildman–Crippen MR) is 92.0 cm³/mol. The van der Waals surface area contributed by atoms with Crippen molar-refractivity contribution in [3.8, 4) is 0 Å². The SMILES string of the molecule is CCOC(=O)C(C)c1ccc2c(c1)SC[C@@H]1CCCC[C@H]1C2=O. The van der Waals surface area contributed by atoms with Crippen LogP contribution >= 0.6 is 11.8 Å². The summed E-state index contributed by atoms with van der Waals surface area (Å²) in [6.07, 6.45) is 4.62. The highest BCUT2D eigenvalue weighted by Crippen LogP contribution is 2.42. The Labute approximate surface area is 142 Å². The third kappa shape index (κ3) is 3.32. The summed E-state index contributed by atoms with van der Waals surface area (Å²) in [5, 5.41) is 0. The number of fused-ring (bicyclic) bond motifs is 2. The van der Waals surface area contributed by atoms with Gasteiger partial charge in [-0.05, 0) is 50.3 Å². The van der Waals surface area contributed by atoms with E-state index in [0.29, 0.717) is 18.3 Å². The van der Waals surface area contributed by atoms with Crippen LogP contribution in [0.15, 0.2) is 23.1 Å². The van der Waals surface area contributed by atoms with Gasteiger partial charge in [-0.1, -0.05) is 18.9 Å². The highest BCUT2D eigenvalue weighted by molar-refractivity contribution is 7.99. The Kier molecular flexibility index (Phi) is 5.10. The summed E-state index contributed by atoms with van der Waals surface area (Å²) in [6.45, 7) is 4.07. The van der Waals surface area contributed by atoms with Crippen LogP contribution in [0.5, 0.6) is 0 Å². The van der Waals surface area contributed by atoms with Crippen LogP contribution in [0.4, 0.5) is 0 Å². The van der Waals surface area contributed by atoms with Gasteiger partial charge in [0.15, 0.2) is 5.78 Å². The number of ether oxygens (including phenoxy) is 1. The van der Waals surface area contributed by atoms with Gasteiger partial charge in [-0.15, -0.1) is 11.8 Å². The van der Waals surface area contributed by atoms with Gasteiger partial charge in [-0.2, -0.15) is 0 Å². The monoisotopic (exact) mass is 332 g/mol.